The molecule has 2 aromatic heterocycles. The van der Waals surface area contributed by atoms with E-state index in [2.05, 4.69) is 25.9 Å². The van der Waals surface area contributed by atoms with Gasteiger partial charge in [0.25, 0.3) is 11.8 Å². The Balaban J connectivity index is 1.03. The van der Waals surface area contributed by atoms with Crippen LogP contribution in [-0.4, -0.2) is 48.0 Å². The molecule has 2 aromatic carbocycles. The summed E-state index contributed by atoms with van der Waals surface area (Å²) in [4.78, 5) is 30.8. The van der Waals surface area contributed by atoms with Crippen molar-refractivity contribution in [2.24, 2.45) is 0 Å². The van der Waals surface area contributed by atoms with E-state index in [1.54, 1.807) is 0 Å². The molecule has 0 saturated heterocycles. The lowest BCUT2D eigenvalue weighted by atomic mass is 10.2. The van der Waals surface area contributed by atoms with Crippen LogP contribution in [0.3, 0.4) is 0 Å². The average molecular weight is 432 g/mol. The second-order valence-corrected chi connectivity index (χ2v) is 7.86. The molecule has 0 aliphatic carbocycles. The highest BCUT2D eigenvalue weighted by molar-refractivity contribution is 5.98. The first-order valence-electron chi connectivity index (χ1n) is 11.1. The van der Waals surface area contributed by atoms with Crippen molar-refractivity contribution in [1.82, 2.24) is 25.9 Å². The second-order valence-electron chi connectivity index (χ2n) is 7.86. The summed E-state index contributed by atoms with van der Waals surface area (Å²) in [5, 5.41) is 11.4. The van der Waals surface area contributed by atoms with Crippen molar-refractivity contribution in [2.75, 3.05) is 26.2 Å². The Morgan fingerprint density at radius 1 is 0.625 bits per heavy atom. The normalized spacial score (nSPS) is 11.1. The summed E-state index contributed by atoms with van der Waals surface area (Å²) in [5.74, 6) is -0.147. The van der Waals surface area contributed by atoms with Gasteiger partial charge in [0.1, 0.15) is 11.4 Å². The molecule has 166 valence electrons. The molecule has 0 fully saturated rings. The number of fused-ring (bicyclic) bond motifs is 2. The summed E-state index contributed by atoms with van der Waals surface area (Å²) in [6.45, 7) is 3.00. The lowest BCUT2D eigenvalue weighted by Crippen LogP contribution is -2.28. The van der Waals surface area contributed by atoms with Crippen molar-refractivity contribution in [1.29, 1.82) is 0 Å². The number of carbonyl (C=O) groups is 2. The van der Waals surface area contributed by atoms with Crippen LogP contribution < -0.4 is 16.0 Å². The fourth-order valence-corrected chi connectivity index (χ4v) is 3.70. The molecule has 5 N–H and O–H groups in total. The van der Waals surface area contributed by atoms with Gasteiger partial charge in [-0.2, -0.15) is 0 Å². The molecular formula is C25H29N5O2. The molecule has 2 heterocycles. The lowest BCUT2D eigenvalue weighted by Gasteiger charge is -2.07. The molecule has 4 rings (SSSR count). The molecule has 0 saturated carbocycles. The Morgan fingerprint density at radius 2 is 1.09 bits per heavy atom. The molecule has 2 amide bonds. The Bertz CT molecular complexity index is 1030. The van der Waals surface area contributed by atoms with E-state index in [1.165, 1.54) is 0 Å². The minimum absolute atomic E-state index is 0.0696. The lowest BCUT2D eigenvalue weighted by molar-refractivity contribution is 0.0940. The fourth-order valence-electron chi connectivity index (χ4n) is 3.70. The highest BCUT2D eigenvalue weighted by Crippen LogP contribution is 2.15. The largest absolute Gasteiger partial charge is 0.351 e. The van der Waals surface area contributed by atoms with Crippen LogP contribution in [0.15, 0.2) is 60.7 Å². The van der Waals surface area contributed by atoms with Crippen molar-refractivity contribution in [2.45, 2.75) is 19.3 Å². The van der Waals surface area contributed by atoms with Crippen LogP contribution in [0.2, 0.25) is 0 Å². The molecule has 0 atom stereocenters. The molecular weight excluding hydrogens is 402 g/mol. The molecule has 0 unspecified atom stereocenters. The van der Waals surface area contributed by atoms with Gasteiger partial charge in [0.05, 0.1) is 0 Å². The van der Waals surface area contributed by atoms with Crippen LogP contribution in [-0.2, 0) is 0 Å². The topological polar surface area (TPSA) is 102 Å². The Hall–Kier alpha value is -3.58. The highest BCUT2D eigenvalue weighted by atomic mass is 16.2. The standard InChI is InChI=1S/C25H29N5O2/c31-24(22-16-18-8-1-3-10-20(18)29-22)27-14-6-5-12-26-13-7-15-28-25(32)23-17-19-9-2-4-11-21(19)30-23/h1-4,8-11,16-17,26,29-30H,5-7,12-15H2,(H,27,31)(H,28,32). The SMILES string of the molecule is O=C(NCCCCNCCCNC(=O)c1cc2ccccc2[nH]1)c1cc2ccccc2[nH]1. The van der Waals surface area contributed by atoms with Crippen LogP contribution in [0, 0.1) is 0 Å². The number of carbonyl (C=O) groups excluding carboxylic acids is 2. The smallest absolute Gasteiger partial charge is 0.267 e. The first-order chi connectivity index (χ1) is 15.7. The number of para-hydroxylation sites is 2. The summed E-state index contributed by atoms with van der Waals surface area (Å²) in [6, 6.07) is 19.5. The quantitative estimate of drug-likeness (QED) is 0.235. The van der Waals surface area contributed by atoms with Gasteiger partial charge in [0.2, 0.25) is 0 Å². The number of hydrogen-bond acceptors (Lipinski definition) is 3. The van der Waals surface area contributed by atoms with Crippen molar-refractivity contribution in [3.05, 3.63) is 72.1 Å². The third kappa shape index (κ3) is 5.56. The molecule has 4 aromatic rings. The fraction of sp³-hybridized carbons (Fsp3) is 0.280. The van der Waals surface area contributed by atoms with E-state index in [-0.39, 0.29) is 11.8 Å². The van der Waals surface area contributed by atoms with Gasteiger partial charge in [-0.3, -0.25) is 9.59 Å². The predicted octanol–water partition coefficient (Wildman–Crippen LogP) is 3.57. The van der Waals surface area contributed by atoms with E-state index in [1.807, 2.05) is 60.7 Å². The molecule has 0 spiro atoms. The zero-order valence-electron chi connectivity index (χ0n) is 18.0. The molecule has 32 heavy (non-hydrogen) atoms. The number of rotatable bonds is 11. The number of hydrogen-bond donors (Lipinski definition) is 5. The van der Waals surface area contributed by atoms with Gasteiger partial charge in [-0.15, -0.1) is 0 Å². The summed E-state index contributed by atoms with van der Waals surface area (Å²) in [6.07, 6.45) is 2.76. The summed E-state index contributed by atoms with van der Waals surface area (Å²) < 4.78 is 0. The van der Waals surface area contributed by atoms with Gasteiger partial charge in [-0.25, -0.2) is 0 Å². The number of nitrogens with one attached hydrogen (secondary N) is 5. The summed E-state index contributed by atoms with van der Waals surface area (Å²) in [7, 11) is 0. The minimum atomic E-state index is -0.0769. The molecule has 0 aliphatic rings. The molecule has 7 nitrogen and oxygen atoms in total. The number of benzene rings is 2. The van der Waals surface area contributed by atoms with Crippen LogP contribution in [0.5, 0.6) is 0 Å². The van der Waals surface area contributed by atoms with Gasteiger partial charge < -0.3 is 25.9 Å². The van der Waals surface area contributed by atoms with E-state index in [0.29, 0.717) is 24.5 Å². The van der Waals surface area contributed by atoms with Crippen molar-refractivity contribution in [3.8, 4) is 0 Å². The van der Waals surface area contributed by atoms with E-state index in [0.717, 1.165) is 54.2 Å². The van der Waals surface area contributed by atoms with Crippen molar-refractivity contribution in [3.63, 3.8) is 0 Å². The van der Waals surface area contributed by atoms with Gasteiger partial charge in [-0.05, 0) is 56.6 Å². The number of aromatic amines is 2. The van der Waals surface area contributed by atoms with E-state index >= 15 is 0 Å². The third-order valence-electron chi connectivity index (χ3n) is 5.43. The second kappa shape index (κ2) is 10.6. The number of unbranched alkanes of at least 4 members (excludes halogenated alkanes) is 1. The van der Waals surface area contributed by atoms with Gasteiger partial charge in [0.15, 0.2) is 0 Å². The minimum Gasteiger partial charge on any atom is -0.351 e. The van der Waals surface area contributed by atoms with Crippen LogP contribution in [0.1, 0.15) is 40.2 Å². The Labute approximate surface area is 187 Å². The molecule has 0 radical (unpaired) electrons. The Morgan fingerprint density at radius 3 is 1.66 bits per heavy atom. The number of H-pyrrole nitrogens is 2. The monoisotopic (exact) mass is 431 g/mol. The first kappa shape index (κ1) is 21.6. The van der Waals surface area contributed by atoms with E-state index in [4.69, 9.17) is 0 Å². The summed E-state index contributed by atoms with van der Waals surface area (Å²) >= 11 is 0. The average Bonchev–Trinajstić information content (AvgIpc) is 3.44. The number of amides is 2. The van der Waals surface area contributed by atoms with Crippen LogP contribution in [0.25, 0.3) is 21.8 Å². The van der Waals surface area contributed by atoms with E-state index < -0.39 is 0 Å². The zero-order valence-corrected chi connectivity index (χ0v) is 18.0. The maximum atomic E-state index is 12.2. The number of aromatic nitrogens is 2. The van der Waals surface area contributed by atoms with Gasteiger partial charge in [-0.1, -0.05) is 36.4 Å². The first-order valence-corrected chi connectivity index (χ1v) is 11.1. The maximum Gasteiger partial charge on any atom is 0.267 e. The van der Waals surface area contributed by atoms with Crippen molar-refractivity contribution >= 4 is 33.6 Å². The zero-order chi connectivity index (χ0) is 22.2. The Kier molecular flexibility index (Phi) is 7.19. The predicted molar refractivity (Wildman–Crippen MR) is 128 cm³/mol. The molecule has 0 bridgehead atoms. The van der Waals surface area contributed by atoms with Crippen LogP contribution >= 0.6 is 0 Å². The van der Waals surface area contributed by atoms with Crippen molar-refractivity contribution < 1.29 is 9.59 Å². The van der Waals surface area contributed by atoms with Gasteiger partial charge >= 0.3 is 0 Å². The molecule has 0 aliphatic heterocycles. The maximum absolute atomic E-state index is 12.2. The van der Waals surface area contributed by atoms with E-state index in [9.17, 15) is 9.59 Å². The highest BCUT2D eigenvalue weighted by Gasteiger charge is 2.09. The van der Waals surface area contributed by atoms with Crippen LogP contribution in [0.4, 0.5) is 0 Å². The third-order valence-corrected chi connectivity index (χ3v) is 5.43. The van der Waals surface area contributed by atoms with Gasteiger partial charge in [0, 0.05) is 34.9 Å². The summed E-state index contributed by atoms with van der Waals surface area (Å²) in [5.41, 5.74) is 3.13. The molecule has 7 heteroatoms.